The molecule has 0 saturated carbocycles. The molecule has 0 spiro atoms. The zero-order valence-electron chi connectivity index (χ0n) is 18.5. The van der Waals surface area contributed by atoms with E-state index in [1.807, 2.05) is 48.5 Å². The van der Waals surface area contributed by atoms with Crippen LogP contribution < -0.4 is 10.4 Å². The van der Waals surface area contributed by atoms with Gasteiger partial charge in [-0.25, -0.2) is 5.43 Å². The van der Waals surface area contributed by atoms with E-state index in [-0.39, 0.29) is 11.9 Å². The Hall–Kier alpha value is -4.58. The van der Waals surface area contributed by atoms with Crippen LogP contribution >= 0.6 is 0 Å². The van der Waals surface area contributed by atoms with Crippen LogP contribution in [-0.4, -0.2) is 22.8 Å². The Balaban J connectivity index is 1.34. The van der Waals surface area contributed by atoms with Gasteiger partial charge in [0.1, 0.15) is 0 Å². The third-order valence-corrected chi connectivity index (χ3v) is 5.68. The lowest BCUT2D eigenvalue weighted by Crippen LogP contribution is -2.18. The summed E-state index contributed by atoms with van der Waals surface area (Å²) in [6, 6.07) is 32.1. The van der Waals surface area contributed by atoms with E-state index in [2.05, 4.69) is 56.9 Å². The highest BCUT2D eigenvalue weighted by Crippen LogP contribution is 2.36. The van der Waals surface area contributed by atoms with Gasteiger partial charge in [-0.2, -0.15) is 10.2 Å². The zero-order valence-corrected chi connectivity index (χ0v) is 18.5. The molecule has 6 heteroatoms. The molecule has 1 N–H and O–H groups in total. The topological polar surface area (TPSA) is 70.0 Å². The molecule has 5 rings (SSSR count). The molecule has 0 bridgehead atoms. The molecule has 6 nitrogen and oxygen atoms in total. The van der Waals surface area contributed by atoms with Gasteiger partial charge in [0, 0.05) is 24.4 Å². The van der Waals surface area contributed by atoms with Gasteiger partial charge >= 0.3 is 0 Å². The van der Waals surface area contributed by atoms with Crippen LogP contribution in [0.5, 0.6) is 0 Å². The van der Waals surface area contributed by atoms with Crippen molar-refractivity contribution in [3.05, 3.63) is 132 Å². The van der Waals surface area contributed by atoms with Crippen LogP contribution in [0.15, 0.2) is 120 Å². The molecular weight excluding hydrogens is 422 g/mol. The van der Waals surface area contributed by atoms with Crippen molar-refractivity contribution in [1.82, 2.24) is 10.4 Å². The predicted octanol–water partition coefficient (Wildman–Crippen LogP) is 5.20. The van der Waals surface area contributed by atoms with Crippen molar-refractivity contribution >= 4 is 23.5 Å². The molecule has 34 heavy (non-hydrogen) atoms. The number of carbonyl (C=O) groups is 1. The summed E-state index contributed by atoms with van der Waals surface area (Å²) in [5, 5.41) is 11.1. The molecule has 3 aromatic carbocycles. The minimum Gasteiger partial charge on any atom is -0.267 e. The van der Waals surface area contributed by atoms with Crippen LogP contribution in [0.2, 0.25) is 0 Å². The number of anilines is 1. The summed E-state index contributed by atoms with van der Waals surface area (Å²) in [5.74, 6) is -0.277. The van der Waals surface area contributed by atoms with Gasteiger partial charge in [-0.15, -0.1) is 0 Å². The van der Waals surface area contributed by atoms with Crippen LogP contribution in [0.4, 0.5) is 5.69 Å². The smallest absolute Gasteiger partial charge is 0.267 e. The fourth-order valence-corrected chi connectivity index (χ4v) is 3.93. The van der Waals surface area contributed by atoms with Gasteiger partial charge in [0.05, 0.1) is 23.7 Å². The number of nitrogens with zero attached hydrogens (tertiary/aromatic N) is 4. The first kappa shape index (κ1) is 21.3. The van der Waals surface area contributed by atoms with Crippen LogP contribution in [0.25, 0.3) is 0 Å². The van der Waals surface area contributed by atoms with Gasteiger partial charge in [0.25, 0.3) is 5.91 Å². The van der Waals surface area contributed by atoms with Gasteiger partial charge in [-0.3, -0.25) is 14.8 Å². The predicted molar refractivity (Wildman–Crippen MR) is 135 cm³/mol. The van der Waals surface area contributed by atoms with Crippen LogP contribution in [0.1, 0.15) is 39.5 Å². The Labute approximate surface area is 198 Å². The van der Waals surface area contributed by atoms with E-state index in [9.17, 15) is 4.79 Å². The third-order valence-electron chi connectivity index (χ3n) is 5.68. The Bertz CT molecular complexity index is 1300. The Morgan fingerprint density at radius 3 is 2.26 bits per heavy atom. The third kappa shape index (κ3) is 4.76. The maximum atomic E-state index is 12.1. The van der Waals surface area contributed by atoms with Crippen molar-refractivity contribution < 1.29 is 4.79 Å². The van der Waals surface area contributed by atoms with E-state index in [0.717, 1.165) is 28.9 Å². The average Bonchev–Trinajstić information content (AvgIpc) is 3.36. The second kappa shape index (κ2) is 9.92. The number of hydrazone groups is 2. The number of carbonyl (C=O) groups excluding carboxylic acids is 1. The molecule has 1 aliphatic rings. The van der Waals surface area contributed by atoms with Crippen molar-refractivity contribution in [2.24, 2.45) is 10.2 Å². The molecule has 166 valence electrons. The summed E-state index contributed by atoms with van der Waals surface area (Å²) < 4.78 is 0. The number of benzene rings is 3. The molecule has 1 atom stereocenters. The minimum absolute atomic E-state index is 0.121. The fourth-order valence-electron chi connectivity index (χ4n) is 3.93. The lowest BCUT2D eigenvalue weighted by molar-refractivity contribution is 0.0955. The second-order valence-corrected chi connectivity index (χ2v) is 7.91. The van der Waals surface area contributed by atoms with Gasteiger partial charge in [0.2, 0.25) is 0 Å². The molecular formula is C28H23N5O. The van der Waals surface area contributed by atoms with Crippen molar-refractivity contribution in [2.75, 3.05) is 5.01 Å². The molecule has 1 aliphatic heterocycles. The summed E-state index contributed by atoms with van der Waals surface area (Å²) in [7, 11) is 0. The molecule has 1 amide bonds. The van der Waals surface area contributed by atoms with E-state index in [1.165, 1.54) is 5.56 Å². The van der Waals surface area contributed by atoms with Crippen molar-refractivity contribution in [3.63, 3.8) is 0 Å². The number of amides is 1. The highest BCUT2D eigenvalue weighted by Gasteiger charge is 2.29. The monoisotopic (exact) mass is 445 g/mol. The summed E-state index contributed by atoms with van der Waals surface area (Å²) in [6.07, 6.45) is 5.60. The Kier molecular flexibility index (Phi) is 6.21. The maximum Gasteiger partial charge on any atom is 0.271 e. The molecule has 0 radical (unpaired) electrons. The molecule has 0 saturated heterocycles. The fraction of sp³-hybridized carbons (Fsp3) is 0.0714. The molecule has 1 aromatic heterocycles. The minimum atomic E-state index is -0.277. The Morgan fingerprint density at radius 1 is 0.882 bits per heavy atom. The summed E-state index contributed by atoms with van der Waals surface area (Å²) in [5.41, 5.74) is 8.35. The first-order chi connectivity index (χ1) is 16.8. The normalized spacial score (nSPS) is 15.4. The van der Waals surface area contributed by atoms with Crippen LogP contribution in [0, 0.1) is 0 Å². The van der Waals surface area contributed by atoms with Crippen LogP contribution in [0.3, 0.4) is 0 Å². The summed E-state index contributed by atoms with van der Waals surface area (Å²) >= 11 is 0. The van der Waals surface area contributed by atoms with Gasteiger partial charge in [-0.05, 0) is 41.0 Å². The van der Waals surface area contributed by atoms with Gasteiger partial charge in [0.15, 0.2) is 0 Å². The Morgan fingerprint density at radius 2 is 1.56 bits per heavy atom. The standard InChI is InChI=1S/C28H23N5O/c34-28(24-15-17-29-18-16-24)31-30-20-21-11-13-25(14-12-21)33-27(23-9-5-2-6-10-23)19-26(32-33)22-7-3-1-4-8-22/h1-18,20,27H,19H2,(H,31,34)/b30-20+. The lowest BCUT2D eigenvalue weighted by atomic mass is 9.98. The van der Waals surface area contributed by atoms with Crippen molar-refractivity contribution in [1.29, 1.82) is 0 Å². The number of aromatic nitrogens is 1. The number of hydrogen-bond donors (Lipinski definition) is 1. The van der Waals surface area contributed by atoms with E-state index in [0.29, 0.717) is 5.56 Å². The summed E-state index contributed by atoms with van der Waals surface area (Å²) in [4.78, 5) is 16.0. The number of pyridine rings is 1. The first-order valence-corrected chi connectivity index (χ1v) is 11.1. The largest absolute Gasteiger partial charge is 0.271 e. The highest BCUT2D eigenvalue weighted by molar-refractivity contribution is 6.03. The molecule has 0 fully saturated rings. The van der Waals surface area contributed by atoms with Crippen LogP contribution in [-0.2, 0) is 0 Å². The molecule has 1 unspecified atom stereocenters. The molecule has 2 heterocycles. The molecule has 4 aromatic rings. The van der Waals surface area contributed by atoms with E-state index < -0.39 is 0 Å². The molecule has 0 aliphatic carbocycles. The SMILES string of the molecule is O=C(N/N=C/c1ccc(N2N=C(c3ccccc3)CC2c2ccccc2)cc1)c1ccncc1. The zero-order chi connectivity index (χ0) is 23.2. The maximum absolute atomic E-state index is 12.1. The quantitative estimate of drug-likeness (QED) is 0.328. The van der Waals surface area contributed by atoms with E-state index in [1.54, 1.807) is 30.7 Å². The highest BCUT2D eigenvalue weighted by atomic mass is 16.2. The first-order valence-electron chi connectivity index (χ1n) is 11.1. The number of nitrogens with one attached hydrogen (secondary N) is 1. The lowest BCUT2D eigenvalue weighted by Gasteiger charge is -2.24. The van der Waals surface area contributed by atoms with Gasteiger partial charge < -0.3 is 0 Å². The van der Waals surface area contributed by atoms with Crippen molar-refractivity contribution in [2.45, 2.75) is 12.5 Å². The summed E-state index contributed by atoms with van der Waals surface area (Å²) in [6.45, 7) is 0. The van der Waals surface area contributed by atoms with E-state index >= 15 is 0 Å². The number of hydrogen-bond acceptors (Lipinski definition) is 5. The van der Waals surface area contributed by atoms with E-state index in [4.69, 9.17) is 5.10 Å². The van der Waals surface area contributed by atoms with Crippen molar-refractivity contribution in [3.8, 4) is 0 Å². The van der Waals surface area contributed by atoms with Gasteiger partial charge in [-0.1, -0.05) is 72.8 Å². The number of rotatable bonds is 6. The average molecular weight is 446 g/mol. The second-order valence-electron chi connectivity index (χ2n) is 7.91.